The van der Waals surface area contributed by atoms with Gasteiger partial charge in [-0.25, -0.2) is 13.8 Å². The summed E-state index contributed by atoms with van der Waals surface area (Å²) in [7, 11) is 0. The molecule has 0 radical (unpaired) electrons. The number of amides is 1. The number of ether oxygens (including phenoxy) is 1. The molecule has 240 valence electrons. The fraction of sp³-hybridized carbons (Fsp3) is 0.378. The number of carbonyl (C=O) groups is 1. The van der Waals surface area contributed by atoms with Crippen molar-refractivity contribution in [2.75, 3.05) is 37.7 Å². The van der Waals surface area contributed by atoms with E-state index in [4.69, 9.17) is 21.3 Å². The number of pyridine rings is 1. The number of fused-ring (bicyclic) bond motifs is 4. The molecule has 0 bridgehead atoms. The molecule has 47 heavy (non-hydrogen) atoms. The van der Waals surface area contributed by atoms with Crippen LogP contribution in [-0.2, 0) is 11.2 Å². The highest BCUT2D eigenvalue weighted by Crippen LogP contribution is 2.47. The van der Waals surface area contributed by atoms with Crippen LogP contribution >= 0.6 is 11.6 Å². The van der Waals surface area contributed by atoms with Crippen molar-refractivity contribution < 1.29 is 18.3 Å². The molecule has 2 atom stereocenters. The first-order valence-corrected chi connectivity index (χ1v) is 16.7. The number of likely N-dealkylation sites (tertiary alicyclic amines) is 1. The first-order chi connectivity index (χ1) is 22.8. The van der Waals surface area contributed by atoms with Gasteiger partial charge < -0.3 is 14.5 Å². The predicted molar refractivity (Wildman–Crippen MR) is 179 cm³/mol. The predicted octanol–water partition coefficient (Wildman–Crippen LogP) is 7.19. The van der Waals surface area contributed by atoms with Gasteiger partial charge in [-0.1, -0.05) is 48.5 Å². The van der Waals surface area contributed by atoms with E-state index in [1.54, 1.807) is 12.1 Å². The van der Waals surface area contributed by atoms with E-state index in [1.165, 1.54) is 11.0 Å². The summed E-state index contributed by atoms with van der Waals surface area (Å²) in [6.45, 7) is 6.59. The minimum atomic E-state index is -0.977. The lowest BCUT2D eigenvalue weighted by atomic mass is 9.91. The van der Waals surface area contributed by atoms with Gasteiger partial charge in [0, 0.05) is 34.4 Å². The Kier molecular flexibility index (Phi) is 7.34. The zero-order chi connectivity index (χ0) is 32.4. The molecule has 0 N–H and O–H groups in total. The van der Waals surface area contributed by atoms with Crippen LogP contribution in [0.4, 0.5) is 14.5 Å². The number of hydrogen-bond acceptors (Lipinski definition) is 6. The highest BCUT2D eigenvalue weighted by atomic mass is 35.5. The number of aromatic nitrogens is 1. The number of nitrogens with zero attached hydrogens (tertiary/aromatic N) is 5. The lowest BCUT2D eigenvalue weighted by molar-refractivity contribution is -0.130. The Morgan fingerprint density at radius 3 is 2.62 bits per heavy atom. The molecule has 1 amide bonds. The van der Waals surface area contributed by atoms with Crippen LogP contribution in [-0.4, -0.2) is 71.1 Å². The van der Waals surface area contributed by atoms with E-state index < -0.39 is 17.6 Å². The Bertz CT molecular complexity index is 2000. The van der Waals surface area contributed by atoms with Gasteiger partial charge in [-0.05, 0) is 74.3 Å². The molecular weight excluding hydrogens is 620 g/mol. The van der Waals surface area contributed by atoms with Crippen LogP contribution in [0.1, 0.15) is 37.7 Å². The number of benzene rings is 3. The Labute approximate surface area is 277 Å². The molecule has 7 nitrogen and oxygen atoms in total. The molecule has 4 fully saturated rings. The van der Waals surface area contributed by atoms with Gasteiger partial charge in [0.1, 0.15) is 12.4 Å². The number of hydrogen-bond donors (Lipinski definition) is 0. The molecule has 0 aliphatic carbocycles. The monoisotopic (exact) mass is 653 g/mol. The molecule has 4 aliphatic rings. The second-order valence-electron chi connectivity index (χ2n) is 13.3. The van der Waals surface area contributed by atoms with Crippen molar-refractivity contribution >= 4 is 44.9 Å². The summed E-state index contributed by atoms with van der Waals surface area (Å²) in [5.41, 5.74) is 2.82. The minimum absolute atomic E-state index is 0.0183. The quantitative estimate of drug-likeness (QED) is 0.197. The molecule has 1 aromatic heterocycles. The van der Waals surface area contributed by atoms with Gasteiger partial charge in [-0.2, -0.15) is 5.26 Å². The second kappa shape index (κ2) is 11.5. The van der Waals surface area contributed by atoms with Crippen LogP contribution in [0, 0.1) is 17.1 Å². The maximum absolute atomic E-state index is 16.4. The van der Waals surface area contributed by atoms with E-state index in [2.05, 4.69) is 22.4 Å². The standard InChI is InChI=1S/C37H34ClF2N5O2/c1-22(39)36(46)44-17-11-31-32(44)20-45(31)34-25(10-14-41)35(47-21-37-12-4-15-43(37)16-5-13-37)42-30-19-26(29(40)18-27(30)34)24-8-2-6-23-7-3-9-28(38)33(23)24/h2-3,6-9,18-19,31-32H,1,4-5,10-13,15-17,20-21H2/t31?,32-/m1/s1. The molecule has 4 saturated heterocycles. The van der Waals surface area contributed by atoms with Crippen molar-refractivity contribution in [3.63, 3.8) is 0 Å². The van der Waals surface area contributed by atoms with Crippen molar-refractivity contribution in [2.45, 2.75) is 56.1 Å². The SMILES string of the molecule is C=C(F)C(=O)N1CCC2[C@H]1CN2c1c(CC#N)c(OCC23CCCN2CCC3)nc2cc(-c3cccc4cccc(Cl)c34)c(F)cc12. The Hall–Kier alpha value is -4.26. The molecule has 4 aromatic rings. The molecule has 8 rings (SSSR count). The fourth-order valence-electron chi connectivity index (χ4n) is 8.65. The summed E-state index contributed by atoms with van der Waals surface area (Å²) >= 11 is 6.65. The van der Waals surface area contributed by atoms with Crippen molar-refractivity contribution in [3.05, 3.63) is 77.3 Å². The van der Waals surface area contributed by atoms with Crippen molar-refractivity contribution in [1.29, 1.82) is 5.26 Å². The van der Waals surface area contributed by atoms with E-state index in [9.17, 15) is 14.4 Å². The van der Waals surface area contributed by atoms with E-state index >= 15 is 4.39 Å². The smallest absolute Gasteiger partial charge is 0.282 e. The van der Waals surface area contributed by atoms with E-state index in [0.29, 0.717) is 70.3 Å². The number of carbonyl (C=O) groups excluding carboxylic acids is 1. The van der Waals surface area contributed by atoms with Crippen LogP contribution in [0.25, 0.3) is 32.8 Å². The molecule has 3 aromatic carbocycles. The maximum atomic E-state index is 16.4. The number of rotatable bonds is 7. The zero-order valence-electron chi connectivity index (χ0n) is 25.9. The Morgan fingerprint density at radius 1 is 1.11 bits per heavy atom. The second-order valence-corrected chi connectivity index (χ2v) is 13.7. The van der Waals surface area contributed by atoms with Gasteiger partial charge in [-0.3, -0.25) is 9.69 Å². The van der Waals surface area contributed by atoms with Crippen LogP contribution < -0.4 is 9.64 Å². The first-order valence-electron chi connectivity index (χ1n) is 16.3. The van der Waals surface area contributed by atoms with Gasteiger partial charge in [0.05, 0.1) is 46.9 Å². The minimum Gasteiger partial charge on any atom is -0.475 e. The van der Waals surface area contributed by atoms with Gasteiger partial charge >= 0.3 is 0 Å². The molecule has 4 aliphatic heterocycles. The number of anilines is 1. The molecule has 5 heterocycles. The van der Waals surface area contributed by atoms with E-state index in [-0.39, 0.29) is 24.0 Å². The maximum Gasteiger partial charge on any atom is 0.282 e. The highest BCUT2D eigenvalue weighted by molar-refractivity contribution is 6.36. The van der Waals surface area contributed by atoms with Gasteiger partial charge in [-0.15, -0.1) is 0 Å². The third-order valence-electron chi connectivity index (χ3n) is 10.9. The fourth-order valence-corrected chi connectivity index (χ4v) is 8.93. The number of nitriles is 1. The van der Waals surface area contributed by atoms with Crippen molar-refractivity contribution in [3.8, 4) is 23.1 Å². The van der Waals surface area contributed by atoms with Gasteiger partial charge in [0.25, 0.3) is 5.91 Å². The lowest BCUT2D eigenvalue weighted by Crippen LogP contribution is -2.63. The Morgan fingerprint density at radius 2 is 1.87 bits per heavy atom. The average Bonchev–Trinajstić information content (AvgIpc) is 3.73. The Balaban J connectivity index is 1.28. The molecule has 10 heteroatoms. The normalized spacial score (nSPS) is 21.5. The first kappa shape index (κ1) is 30.1. The lowest BCUT2D eigenvalue weighted by Gasteiger charge is -2.49. The number of halogens is 3. The van der Waals surface area contributed by atoms with Gasteiger partial charge in [0.2, 0.25) is 5.88 Å². The van der Waals surface area contributed by atoms with Crippen LogP contribution in [0.15, 0.2) is 60.9 Å². The summed E-state index contributed by atoms with van der Waals surface area (Å²) in [6, 6.07) is 16.5. The zero-order valence-corrected chi connectivity index (χ0v) is 26.7. The van der Waals surface area contributed by atoms with Crippen molar-refractivity contribution in [1.82, 2.24) is 14.8 Å². The topological polar surface area (TPSA) is 72.7 Å². The molecular formula is C37H34ClF2N5O2. The van der Waals surface area contributed by atoms with Crippen molar-refractivity contribution in [2.24, 2.45) is 0 Å². The van der Waals surface area contributed by atoms with E-state index in [0.717, 1.165) is 49.5 Å². The summed E-state index contributed by atoms with van der Waals surface area (Å²) in [5, 5.41) is 12.8. The van der Waals surface area contributed by atoms with Crippen LogP contribution in [0.5, 0.6) is 5.88 Å². The third kappa shape index (κ3) is 4.76. The highest BCUT2D eigenvalue weighted by Gasteiger charge is 2.50. The molecule has 0 spiro atoms. The molecule has 1 unspecified atom stereocenters. The molecule has 0 saturated carbocycles. The van der Waals surface area contributed by atoms with Crippen LogP contribution in [0.2, 0.25) is 5.02 Å². The van der Waals surface area contributed by atoms with Crippen LogP contribution in [0.3, 0.4) is 0 Å². The van der Waals surface area contributed by atoms with E-state index in [1.807, 2.05) is 30.3 Å². The summed E-state index contributed by atoms with van der Waals surface area (Å²) in [5.74, 6) is -1.73. The summed E-state index contributed by atoms with van der Waals surface area (Å²) in [6.07, 6.45) is 4.99. The third-order valence-corrected chi connectivity index (χ3v) is 11.2. The summed E-state index contributed by atoms with van der Waals surface area (Å²) < 4.78 is 36.9. The largest absolute Gasteiger partial charge is 0.475 e. The summed E-state index contributed by atoms with van der Waals surface area (Å²) in [4.78, 5) is 23.7. The van der Waals surface area contributed by atoms with Gasteiger partial charge in [0.15, 0.2) is 5.83 Å². The average molecular weight is 654 g/mol.